The summed E-state index contributed by atoms with van der Waals surface area (Å²) < 4.78 is 0. The Balaban J connectivity index is 1.65. The summed E-state index contributed by atoms with van der Waals surface area (Å²) in [5, 5.41) is 5.35. The molecule has 0 saturated carbocycles. The largest absolute Gasteiger partial charge is 0.307 e. The summed E-state index contributed by atoms with van der Waals surface area (Å²) >= 11 is 0. The molecule has 2 amide bonds. The fraction of sp³-hybridized carbons (Fsp3) is 0. The van der Waals surface area contributed by atoms with E-state index in [1.54, 1.807) is 60.8 Å². The fourth-order valence-electron chi connectivity index (χ4n) is 2.01. The summed E-state index contributed by atoms with van der Waals surface area (Å²) in [6, 6.07) is 17.2. The first-order valence-corrected chi connectivity index (χ1v) is 7.27. The first-order chi connectivity index (χ1) is 11.7. The highest BCUT2D eigenvalue weighted by atomic mass is 16.2. The molecule has 2 heterocycles. The number of amides is 2. The Morgan fingerprint density at radius 1 is 0.667 bits per heavy atom. The van der Waals surface area contributed by atoms with E-state index in [2.05, 4.69) is 20.6 Å². The molecule has 0 radical (unpaired) electrons. The third kappa shape index (κ3) is 3.80. The topological polar surface area (TPSA) is 84.0 Å². The number of carbonyl (C=O) groups excluding carboxylic acids is 2. The third-order valence-corrected chi connectivity index (χ3v) is 3.21. The number of pyridine rings is 2. The van der Waals surface area contributed by atoms with E-state index in [1.165, 1.54) is 6.20 Å². The molecule has 0 unspecified atom stereocenters. The molecule has 0 aliphatic carbocycles. The van der Waals surface area contributed by atoms with E-state index < -0.39 is 0 Å². The highest BCUT2D eigenvalue weighted by Gasteiger charge is 2.09. The van der Waals surface area contributed by atoms with Gasteiger partial charge >= 0.3 is 0 Å². The Kier molecular flexibility index (Phi) is 4.57. The van der Waals surface area contributed by atoms with Crippen LogP contribution in [0.4, 0.5) is 11.6 Å². The zero-order valence-corrected chi connectivity index (χ0v) is 12.6. The predicted octanol–water partition coefficient (Wildman–Crippen LogP) is 2.98. The monoisotopic (exact) mass is 318 g/mol. The second-order valence-electron chi connectivity index (χ2n) is 4.92. The first-order valence-electron chi connectivity index (χ1n) is 7.27. The molecule has 0 spiro atoms. The van der Waals surface area contributed by atoms with E-state index in [0.717, 1.165) is 0 Å². The van der Waals surface area contributed by atoms with Crippen LogP contribution in [0.1, 0.15) is 20.7 Å². The minimum atomic E-state index is -0.317. The normalized spacial score (nSPS) is 10.0. The van der Waals surface area contributed by atoms with E-state index in [9.17, 15) is 9.59 Å². The Morgan fingerprint density at radius 3 is 1.96 bits per heavy atom. The van der Waals surface area contributed by atoms with Crippen LogP contribution in [0.5, 0.6) is 0 Å². The lowest BCUT2D eigenvalue weighted by atomic mass is 10.2. The molecule has 6 nitrogen and oxygen atoms in total. The minimum absolute atomic E-state index is 0.256. The lowest BCUT2D eigenvalue weighted by Gasteiger charge is -2.06. The van der Waals surface area contributed by atoms with Crippen LogP contribution in [0.25, 0.3) is 0 Å². The lowest BCUT2D eigenvalue weighted by molar-refractivity contribution is 0.101. The van der Waals surface area contributed by atoms with Crippen LogP contribution in [0.2, 0.25) is 0 Å². The van der Waals surface area contributed by atoms with Crippen LogP contribution in [-0.4, -0.2) is 21.8 Å². The van der Waals surface area contributed by atoms with Gasteiger partial charge in [0.25, 0.3) is 11.8 Å². The van der Waals surface area contributed by atoms with Crippen LogP contribution in [0.3, 0.4) is 0 Å². The molecule has 1 aromatic carbocycles. The molecule has 118 valence electrons. The van der Waals surface area contributed by atoms with Crippen LogP contribution in [-0.2, 0) is 0 Å². The average molecular weight is 318 g/mol. The van der Waals surface area contributed by atoms with Crippen LogP contribution >= 0.6 is 0 Å². The number of benzene rings is 1. The molecule has 0 bridgehead atoms. The van der Waals surface area contributed by atoms with Crippen molar-refractivity contribution in [1.29, 1.82) is 0 Å². The van der Waals surface area contributed by atoms with Crippen molar-refractivity contribution >= 4 is 23.5 Å². The number of rotatable bonds is 4. The molecule has 0 atom stereocenters. The summed E-state index contributed by atoms with van der Waals surface area (Å²) in [4.78, 5) is 32.2. The highest BCUT2D eigenvalue weighted by Crippen LogP contribution is 2.10. The highest BCUT2D eigenvalue weighted by molar-refractivity contribution is 6.05. The maximum atomic E-state index is 12.1. The van der Waals surface area contributed by atoms with Gasteiger partial charge in [-0.05, 0) is 36.4 Å². The molecule has 2 aromatic heterocycles. The van der Waals surface area contributed by atoms with Gasteiger partial charge in [-0.2, -0.15) is 0 Å². The van der Waals surface area contributed by atoms with Gasteiger partial charge in [0.2, 0.25) is 0 Å². The molecule has 24 heavy (non-hydrogen) atoms. The maximum absolute atomic E-state index is 12.1. The summed E-state index contributed by atoms with van der Waals surface area (Å²) in [5.41, 5.74) is 0.912. The van der Waals surface area contributed by atoms with Crippen LogP contribution in [0, 0.1) is 0 Å². The number of nitrogens with one attached hydrogen (secondary N) is 2. The van der Waals surface area contributed by atoms with Crippen molar-refractivity contribution < 1.29 is 9.59 Å². The van der Waals surface area contributed by atoms with E-state index in [4.69, 9.17) is 0 Å². The molecule has 3 aromatic rings. The SMILES string of the molecule is O=C(Nc1ccc(C(=O)Nc2ccccn2)cn1)c1ccccc1. The summed E-state index contributed by atoms with van der Waals surface area (Å²) in [7, 11) is 0. The molecule has 0 aliphatic rings. The first kappa shape index (κ1) is 15.4. The fourth-order valence-corrected chi connectivity index (χ4v) is 2.01. The van der Waals surface area contributed by atoms with Gasteiger partial charge in [0.05, 0.1) is 5.56 Å². The number of hydrogen-bond acceptors (Lipinski definition) is 4. The maximum Gasteiger partial charge on any atom is 0.258 e. The number of nitrogens with zero attached hydrogens (tertiary/aromatic N) is 2. The van der Waals surface area contributed by atoms with Crippen molar-refractivity contribution in [3.8, 4) is 0 Å². The standard InChI is InChI=1S/C18H14N4O2/c23-17(13-6-2-1-3-7-13)22-16-10-9-14(12-20-16)18(24)21-15-8-4-5-11-19-15/h1-12H,(H,19,21,24)(H,20,22,23). The zero-order valence-electron chi connectivity index (χ0n) is 12.6. The van der Waals surface area contributed by atoms with Crippen molar-refractivity contribution in [2.45, 2.75) is 0 Å². The molecule has 6 heteroatoms. The number of aromatic nitrogens is 2. The summed E-state index contributed by atoms with van der Waals surface area (Å²) in [6.07, 6.45) is 2.99. The summed E-state index contributed by atoms with van der Waals surface area (Å²) in [5.74, 6) is 0.262. The van der Waals surface area contributed by atoms with Crippen molar-refractivity contribution in [3.63, 3.8) is 0 Å². The van der Waals surface area contributed by atoms with Crippen molar-refractivity contribution in [1.82, 2.24) is 9.97 Å². The lowest BCUT2D eigenvalue weighted by Crippen LogP contribution is -2.15. The average Bonchev–Trinajstić information content (AvgIpc) is 2.64. The molecule has 0 saturated heterocycles. The van der Waals surface area contributed by atoms with Gasteiger partial charge in [-0.15, -0.1) is 0 Å². The van der Waals surface area contributed by atoms with E-state index >= 15 is 0 Å². The quantitative estimate of drug-likeness (QED) is 0.774. The second-order valence-corrected chi connectivity index (χ2v) is 4.92. The van der Waals surface area contributed by atoms with Crippen molar-refractivity contribution in [2.24, 2.45) is 0 Å². The van der Waals surface area contributed by atoms with Gasteiger partial charge in [0.1, 0.15) is 11.6 Å². The van der Waals surface area contributed by atoms with Gasteiger partial charge in [-0.25, -0.2) is 9.97 Å². The second kappa shape index (κ2) is 7.15. The predicted molar refractivity (Wildman–Crippen MR) is 90.8 cm³/mol. The van der Waals surface area contributed by atoms with E-state index in [-0.39, 0.29) is 11.8 Å². The van der Waals surface area contributed by atoms with Gasteiger partial charge in [0, 0.05) is 18.0 Å². The Bertz CT molecular complexity index is 834. The molecule has 0 fully saturated rings. The van der Waals surface area contributed by atoms with Gasteiger partial charge in [0.15, 0.2) is 0 Å². The molecule has 3 rings (SSSR count). The smallest absolute Gasteiger partial charge is 0.258 e. The van der Waals surface area contributed by atoms with Crippen molar-refractivity contribution in [2.75, 3.05) is 10.6 Å². The van der Waals surface area contributed by atoms with Crippen LogP contribution in [0.15, 0.2) is 73.1 Å². The summed E-state index contributed by atoms with van der Waals surface area (Å²) in [6.45, 7) is 0. The molecule has 2 N–H and O–H groups in total. The Morgan fingerprint density at radius 2 is 1.33 bits per heavy atom. The molecular formula is C18H14N4O2. The Labute approximate surface area is 138 Å². The van der Waals surface area contributed by atoms with E-state index in [0.29, 0.717) is 22.8 Å². The van der Waals surface area contributed by atoms with Gasteiger partial charge < -0.3 is 10.6 Å². The number of anilines is 2. The van der Waals surface area contributed by atoms with Gasteiger partial charge in [-0.1, -0.05) is 24.3 Å². The number of hydrogen-bond donors (Lipinski definition) is 2. The number of carbonyl (C=O) groups is 2. The molecule has 0 aliphatic heterocycles. The molecular weight excluding hydrogens is 304 g/mol. The third-order valence-electron chi connectivity index (χ3n) is 3.21. The van der Waals surface area contributed by atoms with E-state index in [1.807, 2.05) is 6.07 Å². The Hall–Kier alpha value is -3.54. The minimum Gasteiger partial charge on any atom is -0.307 e. The zero-order chi connectivity index (χ0) is 16.8. The van der Waals surface area contributed by atoms with Gasteiger partial charge in [-0.3, -0.25) is 9.59 Å². The van der Waals surface area contributed by atoms with Crippen LogP contribution < -0.4 is 10.6 Å². The van der Waals surface area contributed by atoms with Crippen molar-refractivity contribution in [3.05, 3.63) is 84.2 Å².